The first-order chi connectivity index (χ1) is 17.5. The molecule has 206 valence electrons. The number of halogens is 3. The number of benzene rings is 1. The molecule has 1 unspecified atom stereocenters. The van der Waals surface area contributed by atoms with Crippen LogP contribution in [-0.2, 0) is 22.6 Å². The molecule has 0 radical (unpaired) electrons. The highest BCUT2D eigenvalue weighted by Crippen LogP contribution is 2.52. The molecule has 4 atom stereocenters. The predicted octanol–water partition coefficient (Wildman–Crippen LogP) is 1.69. The maximum Gasteiger partial charge on any atom is 0.403 e. The minimum atomic E-state index is -4.54. The Morgan fingerprint density at radius 1 is 1.24 bits per heavy atom. The number of aliphatic hydroxyl groups is 3. The number of allylic oxidation sites excluding steroid dienone is 2. The monoisotopic (exact) mass is 539 g/mol. The van der Waals surface area contributed by atoms with Crippen LogP contribution in [0.3, 0.4) is 0 Å². The van der Waals surface area contributed by atoms with Gasteiger partial charge in [-0.3, -0.25) is 14.4 Å². The lowest BCUT2D eigenvalue weighted by atomic mass is 9.60. The molecule has 1 aromatic carbocycles. The number of nitrogens with one attached hydrogen (secondary N) is 1. The lowest BCUT2D eigenvalue weighted by molar-refractivity contribution is -0.151. The number of aromatic hydroxyl groups is 1. The summed E-state index contributed by atoms with van der Waals surface area (Å²) >= 11 is 0. The van der Waals surface area contributed by atoms with Gasteiger partial charge in [0.05, 0.1) is 5.56 Å². The first-order valence-electron chi connectivity index (χ1n) is 11.8. The Balaban J connectivity index is 1.85. The van der Waals surface area contributed by atoms with Crippen LogP contribution >= 0.6 is 0 Å². The highest BCUT2D eigenvalue weighted by atomic mass is 19.4. The predicted molar refractivity (Wildman–Crippen MR) is 127 cm³/mol. The van der Waals surface area contributed by atoms with Crippen LogP contribution in [0.1, 0.15) is 41.3 Å². The number of amides is 1. The zero-order valence-corrected chi connectivity index (χ0v) is 20.8. The minimum Gasteiger partial charge on any atom is -0.511 e. The van der Waals surface area contributed by atoms with E-state index < -0.39 is 76.5 Å². The van der Waals surface area contributed by atoms with E-state index in [1.54, 1.807) is 19.0 Å². The summed E-state index contributed by atoms with van der Waals surface area (Å²) in [6.45, 7) is 0.479. The van der Waals surface area contributed by atoms with Crippen molar-refractivity contribution in [2.24, 2.45) is 17.6 Å². The van der Waals surface area contributed by atoms with Gasteiger partial charge < -0.3 is 36.4 Å². The topological polar surface area (TPSA) is 173 Å². The molecular formula is C25H28F3N3O7. The second-order valence-corrected chi connectivity index (χ2v) is 10.2. The summed E-state index contributed by atoms with van der Waals surface area (Å²) in [7, 11) is 3.31. The fourth-order valence-corrected chi connectivity index (χ4v) is 5.63. The van der Waals surface area contributed by atoms with Crippen molar-refractivity contribution in [2.75, 3.05) is 19.0 Å². The highest BCUT2D eigenvalue weighted by Gasteiger charge is 2.59. The number of aliphatic hydroxyl groups excluding tert-OH is 2. The number of rotatable bonds is 5. The fraction of sp³-hybridized carbons (Fsp3) is 0.480. The number of primary amides is 1. The molecule has 0 saturated carbocycles. The number of phenolic OH excluding ortho intramolecular Hbond substituents is 1. The van der Waals surface area contributed by atoms with Crippen molar-refractivity contribution in [2.45, 2.75) is 50.6 Å². The molecule has 0 saturated heterocycles. The number of hydrogen-bond acceptors (Lipinski definition) is 9. The zero-order valence-electron chi connectivity index (χ0n) is 20.8. The van der Waals surface area contributed by atoms with Crippen molar-refractivity contribution in [3.8, 4) is 5.75 Å². The molecule has 1 amide bonds. The van der Waals surface area contributed by atoms with E-state index in [4.69, 9.17) is 5.73 Å². The molecule has 3 aliphatic carbocycles. The fourth-order valence-electron chi connectivity index (χ4n) is 5.63. The highest BCUT2D eigenvalue weighted by molar-refractivity contribution is 6.24. The van der Waals surface area contributed by atoms with Crippen molar-refractivity contribution in [3.05, 3.63) is 45.4 Å². The Kier molecular flexibility index (Phi) is 6.51. The van der Waals surface area contributed by atoms with Crippen molar-refractivity contribution in [3.63, 3.8) is 0 Å². The third kappa shape index (κ3) is 4.00. The molecule has 38 heavy (non-hydrogen) atoms. The average molecular weight is 540 g/mol. The number of ketones is 2. The minimum absolute atomic E-state index is 0.000417. The number of alkyl halides is 3. The molecule has 0 aromatic heterocycles. The van der Waals surface area contributed by atoms with E-state index in [-0.39, 0.29) is 36.0 Å². The van der Waals surface area contributed by atoms with Gasteiger partial charge in [0, 0.05) is 49.8 Å². The Bertz CT molecular complexity index is 1320. The van der Waals surface area contributed by atoms with Gasteiger partial charge in [0.15, 0.2) is 11.4 Å². The van der Waals surface area contributed by atoms with Crippen LogP contribution in [0.4, 0.5) is 18.9 Å². The summed E-state index contributed by atoms with van der Waals surface area (Å²) < 4.78 is 39.0. The summed E-state index contributed by atoms with van der Waals surface area (Å²) in [5.74, 6) is -7.53. The van der Waals surface area contributed by atoms with Crippen LogP contribution in [0.25, 0.3) is 0 Å². The lowest BCUT2D eigenvalue weighted by Crippen LogP contribution is -2.57. The number of Topliss-reactive ketones (excluding diaryl/α,β-unsaturated/α-hetero) is 2. The standard InChI is InChI=1S/C25H28F3N3O7/c1-9(25(26,27)28)30-8-11-6-14(31(2)3)13-5-10-4-12-7-15(32)18(23(29)37)22(36)24(12,38)21(35)16(10)20(34)17(13)19(11)33/h6,9-10,12,30,32-33,35,38H,4-5,7-8H2,1-3H3,(H2,29,37)/t9?,10-,12+,24+/m1/s1. The van der Waals surface area contributed by atoms with E-state index in [2.05, 4.69) is 5.32 Å². The molecular weight excluding hydrogens is 511 g/mol. The van der Waals surface area contributed by atoms with Crippen molar-refractivity contribution in [1.29, 1.82) is 0 Å². The lowest BCUT2D eigenvalue weighted by Gasteiger charge is -2.46. The van der Waals surface area contributed by atoms with Crippen LogP contribution in [0.15, 0.2) is 28.7 Å². The van der Waals surface area contributed by atoms with Gasteiger partial charge >= 0.3 is 6.18 Å². The molecule has 0 heterocycles. The molecule has 0 fully saturated rings. The van der Waals surface area contributed by atoms with E-state index in [1.165, 1.54) is 6.07 Å². The number of anilines is 1. The first kappa shape index (κ1) is 27.5. The number of nitrogens with zero attached hydrogens (tertiary/aromatic N) is 1. The number of fused-ring (bicyclic) bond motifs is 3. The molecule has 7 N–H and O–H groups in total. The molecule has 1 aromatic rings. The molecule has 3 aliphatic rings. The number of nitrogens with two attached hydrogens (primary N) is 1. The summed E-state index contributed by atoms with van der Waals surface area (Å²) in [5, 5.41) is 45.9. The SMILES string of the molecule is CC(NCc1cc(N(C)C)c2c(c1O)C(=O)C1=C(O)[C@]3(O)C(=O)C(C(N)=O)=C(O)C[C@@H]3C[C@@H]1C2)C(F)(F)F. The summed E-state index contributed by atoms with van der Waals surface area (Å²) in [5.41, 5.74) is 1.86. The largest absolute Gasteiger partial charge is 0.511 e. The van der Waals surface area contributed by atoms with Gasteiger partial charge in [0.1, 0.15) is 28.9 Å². The molecule has 4 rings (SSSR count). The van der Waals surface area contributed by atoms with Crippen LogP contribution in [0.5, 0.6) is 5.75 Å². The van der Waals surface area contributed by atoms with Gasteiger partial charge in [-0.1, -0.05) is 0 Å². The maximum absolute atomic E-state index is 13.7. The van der Waals surface area contributed by atoms with Gasteiger partial charge in [-0.25, -0.2) is 0 Å². The van der Waals surface area contributed by atoms with Gasteiger partial charge in [0.25, 0.3) is 5.91 Å². The van der Waals surface area contributed by atoms with Gasteiger partial charge in [-0.15, -0.1) is 0 Å². The summed E-state index contributed by atoms with van der Waals surface area (Å²) in [6, 6.07) is -0.429. The molecule has 0 spiro atoms. The zero-order chi connectivity index (χ0) is 28.5. The van der Waals surface area contributed by atoms with Crippen LogP contribution in [0, 0.1) is 11.8 Å². The van der Waals surface area contributed by atoms with E-state index in [1.807, 2.05) is 0 Å². The number of carbonyl (C=O) groups is 3. The van der Waals surface area contributed by atoms with Crippen molar-refractivity contribution in [1.82, 2.24) is 5.32 Å². The Morgan fingerprint density at radius 3 is 2.42 bits per heavy atom. The number of phenols is 1. The van der Waals surface area contributed by atoms with Crippen LogP contribution in [-0.4, -0.2) is 69.8 Å². The van der Waals surface area contributed by atoms with E-state index >= 15 is 0 Å². The second-order valence-electron chi connectivity index (χ2n) is 10.2. The smallest absolute Gasteiger partial charge is 0.403 e. The summed E-state index contributed by atoms with van der Waals surface area (Å²) in [6.07, 6.45) is -4.82. The van der Waals surface area contributed by atoms with Gasteiger partial charge in [0.2, 0.25) is 5.78 Å². The van der Waals surface area contributed by atoms with Gasteiger partial charge in [-0.2, -0.15) is 13.2 Å². The molecule has 0 aliphatic heterocycles. The number of carbonyl (C=O) groups excluding carboxylic acids is 3. The molecule has 0 bridgehead atoms. The Morgan fingerprint density at radius 2 is 1.87 bits per heavy atom. The van der Waals surface area contributed by atoms with Gasteiger partial charge in [-0.05, 0) is 37.3 Å². The molecule has 13 heteroatoms. The van der Waals surface area contributed by atoms with E-state index in [9.17, 15) is 48.0 Å². The van der Waals surface area contributed by atoms with Crippen LogP contribution < -0.4 is 16.0 Å². The van der Waals surface area contributed by atoms with Crippen molar-refractivity contribution < 1.29 is 48.0 Å². The summed E-state index contributed by atoms with van der Waals surface area (Å²) in [4.78, 5) is 40.2. The normalized spacial score (nSPS) is 26.1. The maximum atomic E-state index is 13.7. The van der Waals surface area contributed by atoms with E-state index in [0.717, 1.165) is 6.92 Å². The first-order valence-corrected chi connectivity index (χ1v) is 11.8. The van der Waals surface area contributed by atoms with E-state index in [0.29, 0.717) is 11.3 Å². The van der Waals surface area contributed by atoms with Crippen molar-refractivity contribution >= 4 is 23.2 Å². The second kappa shape index (κ2) is 9.02. The Labute approximate surface area is 215 Å². The number of hydrogen-bond donors (Lipinski definition) is 6. The molecule has 10 nitrogen and oxygen atoms in total. The third-order valence-electron chi connectivity index (χ3n) is 7.69. The average Bonchev–Trinajstić information content (AvgIpc) is 2.79. The third-order valence-corrected chi connectivity index (χ3v) is 7.69. The van der Waals surface area contributed by atoms with Crippen LogP contribution in [0.2, 0.25) is 0 Å². The Hall–Kier alpha value is -3.58. The quantitative estimate of drug-likeness (QED) is 0.304.